The summed E-state index contributed by atoms with van der Waals surface area (Å²) in [6.07, 6.45) is 1.81. The van der Waals surface area contributed by atoms with Gasteiger partial charge in [0.15, 0.2) is 5.13 Å². The van der Waals surface area contributed by atoms with E-state index in [0.29, 0.717) is 23.8 Å². The minimum atomic E-state index is -3.56. The van der Waals surface area contributed by atoms with Crippen molar-refractivity contribution in [2.24, 2.45) is 0 Å². The summed E-state index contributed by atoms with van der Waals surface area (Å²) in [5.74, 6) is -0.234. The Kier molecular flexibility index (Phi) is 6.45. The Balaban J connectivity index is 1.68. The number of amides is 1. The molecule has 0 aliphatic carbocycles. The molecule has 10 heteroatoms. The molecule has 0 spiro atoms. The van der Waals surface area contributed by atoms with Crippen molar-refractivity contribution in [3.8, 4) is 0 Å². The molecule has 1 unspecified atom stereocenters. The summed E-state index contributed by atoms with van der Waals surface area (Å²) < 4.78 is 33.5. The third kappa shape index (κ3) is 4.68. The Labute approximate surface area is 193 Å². The van der Waals surface area contributed by atoms with E-state index in [0.717, 1.165) is 31.8 Å². The first kappa shape index (κ1) is 22.3. The van der Waals surface area contributed by atoms with Crippen molar-refractivity contribution in [1.29, 1.82) is 0 Å². The van der Waals surface area contributed by atoms with Crippen molar-refractivity contribution in [3.05, 3.63) is 52.5 Å². The van der Waals surface area contributed by atoms with Crippen LogP contribution in [0.1, 0.15) is 23.2 Å². The SMILES string of the molecule is CN(C)S(=O)(=O)c1ccc(C(=O)N(CC2CCCO2)c2nc3ccc(Br)cc3s2)cc1. The van der Waals surface area contributed by atoms with Crippen LogP contribution in [0.2, 0.25) is 0 Å². The number of sulfonamides is 1. The maximum Gasteiger partial charge on any atom is 0.260 e. The summed E-state index contributed by atoms with van der Waals surface area (Å²) in [6, 6.07) is 11.8. The number of anilines is 1. The van der Waals surface area contributed by atoms with Gasteiger partial charge in [-0.1, -0.05) is 27.3 Å². The lowest BCUT2D eigenvalue weighted by atomic mass is 10.2. The summed E-state index contributed by atoms with van der Waals surface area (Å²) in [4.78, 5) is 19.9. The lowest BCUT2D eigenvalue weighted by molar-refractivity contribution is 0.0917. The van der Waals surface area contributed by atoms with Crippen molar-refractivity contribution in [1.82, 2.24) is 9.29 Å². The highest BCUT2D eigenvalue weighted by Crippen LogP contribution is 2.32. The fraction of sp³-hybridized carbons (Fsp3) is 0.333. The molecule has 1 aliphatic rings. The van der Waals surface area contributed by atoms with E-state index in [1.807, 2.05) is 18.2 Å². The molecule has 1 aromatic heterocycles. The van der Waals surface area contributed by atoms with Gasteiger partial charge in [-0.05, 0) is 55.3 Å². The third-order valence-electron chi connectivity index (χ3n) is 5.11. The fourth-order valence-corrected chi connectivity index (χ4v) is 5.80. The average molecular weight is 524 g/mol. The molecule has 0 N–H and O–H groups in total. The normalized spacial score (nSPS) is 16.8. The van der Waals surface area contributed by atoms with E-state index >= 15 is 0 Å². The third-order valence-corrected chi connectivity index (χ3v) is 8.47. The van der Waals surface area contributed by atoms with Gasteiger partial charge in [0.1, 0.15) is 0 Å². The topological polar surface area (TPSA) is 79.8 Å². The predicted molar refractivity (Wildman–Crippen MR) is 125 cm³/mol. The zero-order valence-corrected chi connectivity index (χ0v) is 20.3. The van der Waals surface area contributed by atoms with E-state index in [-0.39, 0.29) is 16.9 Å². The van der Waals surface area contributed by atoms with E-state index in [1.165, 1.54) is 37.6 Å². The smallest absolute Gasteiger partial charge is 0.260 e. The number of halogens is 1. The molecule has 1 saturated heterocycles. The molecule has 0 saturated carbocycles. The van der Waals surface area contributed by atoms with E-state index in [1.54, 1.807) is 17.0 Å². The monoisotopic (exact) mass is 523 g/mol. The van der Waals surface area contributed by atoms with Crippen molar-refractivity contribution >= 4 is 58.5 Å². The second-order valence-electron chi connectivity index (χ2n) is 7.47. The number of ether oxygens (including phenoxy) is 1. The number of hydrogen-bond acceptors (Lipinski definition) is 6. The van der Waals surface area contributed by atoms with Gasteiger partial charge in [0, 0.05) is 30.7 Å². The van der Waals surface area contributed by atoms with E-state index in [4.69, 9.17) is 4.74 Å². The molecule has 1 atom stereocenters. The van der Waals surface area contributed by atoms with Gasteiger partial charge in [-0.2, -0.15) is 0 Å². The summed E-state index contributed by atoms with van der Waals surface area (Å²) in [6.45, 7) is 1.09. The molecule has 1 fully saturated rings. The lowest BCUT2D eigenvalue weighted by Gasteiger charge is -2.23. The number of thiazole rings is 1. The van der Waals surface area contributed by atoms with Crippen LogP contribution in [-0.4, -0.2) is 57.0 Å². The summed E-state index contributed by atoms with van der Waals surface area (Å²) >= 11 is 4.92. The second kappa shape index (κ2) is 8.95. The maximum atomic E-state index is 13.4. The Morgan fingerprint density at radius 1 is 1.23 bits per heavy atom. The first-order valence-electron chi connectivity index (χ1n) is 9.78. The van der Waals surface area contributed by atoms with Crippen LogP contribution >= 0.6 is 27.3 Å². The first-order chi connectivity index (χ1) is 14.8. The van der Waals surface area contributed by atoms with Gasteiger partial charge in [0.2, 0.25) is 10.0 Å². The van der Waals surface area contributed by atoms with E-state index < -0.39 is 10.0 Å². The van der Waals surface area contributed by atoms with Gasteiger partial charge in [-0.3, -0.25) is 9.69 Å². The zero-order chi connectivity index (χ0) is 22.2. The summed E-state index contributed by atoms with van der Waals surface area (Å²) in [5.41, 5.74) is 1.22. The Morgan fingerprint density at radius 2 is 1.97 bits per heavy atom. The number of hydrogen-bond donors (Lipinski definition) is 0. The summed E-state index contributed by atoms with van der Waals surface area (Å²) in [7, 11) is -0.607. The molecule has 7 nitrogen and oxygen atoms in total. The van der Waals surface area contributed by atoms with Crippen LogP contribution in [0.15, 0.2) is 51.8 Å². The Bertz CT molecular complexity index is 1200. The minimum Gasteiger partial charge on any atom is -0.376 e. The van der Waals surface area contributed by atoms with Crippen LogP contribution < -0.4 is 4.90 Å². The van der Waals surface area contributed by atoms with E-state index in [9.17, 15) is 13.2 Å². The van der Waals surface area contributed by atoms with Crippen LogP contribution in [0.5, 0.6) is 0 Å². The quantitative estimate of drug-likeness (QED) is 0.485. The van der Waals surface area contributed by atoms with Gasteiger partial charge < -0.3 is 4.74 Å². The highest BCUT2D eigenvalue weighted by Gasteiger charge is 2.27. The number of benzene rings is 2. The lowest BCUT2D eigenvalue weighted by Crippen LogP contribution is -2.37. The molecule has 0 bridgehead atoms. The van der Waals surface area contributed by atoms with Gasteiger partial charge >= 0.3 is 0 Å². The van der Waals surface area contributed by atoms with Crippen molar-refractivity contribution in [2.75, 3.05) is 32.1 Å². The number of rotatable bonds is 6. The number of aromatic nitrogens is 1. The van der Waals surface area contributed by atoms with Crippen LogP contribution in [-0.2, 0) is 14.8 Å². The molecule has 31 heavy (non-hydrogen) atoms. The predicted octanol–water partition coefficient (Wildman–Crippen LogP) is 4.13. The van der Waals surface area contributed by atoms with Crippen LogP contribution in [0, 0.1) is 0 Å². The first-order valence-corrected chi connectivity index (χ1v) is 12.8. The van der Waals surface area contributed by atoms with Crippen LogP contribution in [0.25, 0.3) is 10.2 Å². The van der Waals surface area contributed by atoms with Crippen LogP contribution in [0.3, 0.4) is 0 Å². The number of fused-ring (bicyclic) bond motifs is 1. The average Bonchev–Trinajstić information content (AvgIpc) is 3.40. The molecule has 1 aliphatic heterocycles. The minimum absolute atomic E-state index is 0.0453. The molecule has 2 heterocycles. The fourth-order valence-electron chi connectivity index (χ4n) is 3.38. The highest BCUT2D eigenvalue weighted by molar-refractivity contribution is 9.10. The van der Waals surface area contributed by atoms with Crippen LogP contribution in [0.4, 0.5) is 5.13 Å². The Morgan fingerprint density at radius 3 is 2.61 bits per heavy atom. The molecule has 164 valence electrons. The van der Waals surface area contributed by atoms with E-state index in [2.05, 4.69) is 20.9 Å². The summed E-state index contributed by atoms with van der Waals surface area (Å²) in [5, 5.41) is 0.596. The van der Waals surface area contributed by atoms with Crippen molar-refractivity contribution < 1.29 is 17.9 Å². The second-order valence-corrected chi connectivity index (χ2v) is 11.5. The molecule has 3 aromatic rings. The van der Waals surface area contributed by atoms with Gasteiger partial charge in [0.05, 0.1) is 27.8 Å². The van der Waals surface area contributed by atoms with Crippen molar-refractivity contribution in [2.45, 2.75) is 23.8 Å². The maximum absolute atomic E-state index is 13.4. The number of carbonyl (C=O) groups excluding carboxylic acids is 1. The zero-order valence-electron chi connectivity index (χ0n) is 17.1. The standard InChI is InChI=1S/C21H22BrN3O4S2/c1-24(2)31(27,28)17-8-5-14(6-9-17)20(26)25(13-16-4-3-11-29-16)21-23-18-10-7-15(22)12-19(18)30-21/h5-10,12,16H,3-4,11,13H2,1-2H3. The molecule has 1 amide bonds. The van der Waals surface area contributed by atoms with Gasteiger partial charge in [0.25, 0.3) is 5.91 Å². The largest absolute Gasteiger partial charge is 0.376 e. The van der Waals surface area contributed by atoms with Gasteiger partial charge in [-0.15, -0.1) is 0 Å². The number of nitrogens with zero attached hydrogens (tertiary/aromatic N) is 3. The van der Waals surface area contributed by atoms with Crippen molar-refractivity contribution in [3.63, 3.8) is 0 Å². The molecule has 2 aromatic carbocycles. The molecular formula is C21H22BrN3O4S2. The Hall–Kier alpha value is -1.85. The molecular weight excluding hydrogens is 502 g/mol. The number of carbonyl (C=O) groups is 1. The van der Waals surface area contributed by atoms with Gasteiger partial charge in [-0.25, -0.2) is 17.7 Å². The highest BCUT2D eigenvalue weighted by atomic mass is 79.9. The molecule has 4 rings (SSSR count). The molecule has 0 radical (unpaired) electrons.